The molecule has 1 heterocycles. The van der Waals surface area contributed by atoms with Crippen molar-refractivity contribution in [3.63, 3.8) is 0 Å². The summed E-state index contributed by atoms with van der Waals surface area (Å²) in [6.07, 6.45) is 0.262. The standard InChI is InChI=1S/C20H19IOSe/c1-14(2)22-19(15-9-5-3-6-10-15)18-13-17(21)20(23-18)16-11-7-4-8-12-16/h3-14,19H,1-2H3/t19-/m0/s1. The molecule has 0 aliphatic rings. The Morgan fingerprint density at radius 1 is 0.913 bits per heavy atom. The fourth-order valence-electron chi connectivity index (χ4n) is 2.51. The average molecular weight is 481 g/mol. The number of hydrogen-bond donors (Lipinski definition) is 0. The average Bonchev–Trinajstić information content (AvgIpc) is 2.96. The van der Waals surface area contributed by atoms with E-state index in [1.165, 1.54) is 23.6 Å². The molecule has 0 bridgehead atoms. The van der Waals surface area contributed by atoms with E-state index in [1.807, 2.05) is 0 Å². The first-order chi connectivity index (χ1) is 11.1. The Balaban J connectivity index is 2.01. The summed E-state index contributed by atoms with van der Waals surface area (Å²) in [5.74, 6) is 0. The van der Waals surface area contributed by atoms with Gasteiger partial charge < -0.3 is 0 Å². The minimum atomic E-state index is 0.0576. The Morgan fingerprint density at radius 3 is 2.13 bits per heavy atom. The van der Waals surface area contributed by atoms with Gasteiger partial charge in [-0.05, 0) is 0 Å². The van der Waals surface area contributed by atoms with Crippen molar-refractivity contribution in [1.82, 2.24) is 0 Å². The predicted molar refractivity (Wildman–Crippen MR) is 106 cm³/mol. The molecule has 1 nitrogen and oxygen atoms in total. The van der Waals surface area contributed by atoms with Crippen molar-refractivity contribution in [2.24, 2.45) is 0 Å². The van der Waals surface area contributed by atoms with E-state index in [9.17, 15) is 0 Å². The molecule has 0 N–H and O–H groups in total. The van der Waals surface area contributed by atoms with Crippen molar-refractivity contribution < 1.29 is 4.74 Å². The second kappa shape index (κ2) is 7.80. The van der Waals surface area contributed by atoms with Crippen LogP contribution >= 0.6 is 22.6 Å². The Morgan fingerprint density at radius 2 is 1.52 bits per heavy atom. The van der Waals surface area contributed by atoms with Crippen LogP contribution in [-0.2, 0) is 4.74 Å². The first kappa shape index (κ1) is 17.0. The summed E-state index contributed by atoms with van der Waals surface area (Å²) < 4.78 is 10.5. The van der Waals surface area contributed by atoms with Gasteiger partial charge in [0, 0.05) is 0 Å². The molecule has 118 valence electrons. The third kappa shape index (κ3) is 4.16. The van der Waals surface area contributed by atoms with E-state index >= 15 is 0 Å². The molecule has 0 aliphatic heterocycles. The van der Waals surface area contributed by atoms with Gasteiger partial charge in [-0.1, -0.05) is 0 Å². The van der Waals surface area contributed by atoms with E-state index in [1.54, 1.807) is 0 Å². The Hall–Kier alpha value is -0.871. The fraction of sp³-hybridized carbons (Fsp3) is 0.200. The normalized spacial score (nSPS) is 12.5. The van der Waals surface area contributed by atoms with Gasteiger partial charge in [0.1, 0.15) is 0 Å². The first-order valence-electron chi connectivity index (χ1n) is 7.70. The van der Waals surface area contributed by atoms with Gasteiger partial charge in [-0.2, -0.15) is 0 Å². The van der Waals surface area contributed by atoms with Crippen LogP contribution < -0.4 is 0 Å². The number of rotatable bonds is 5. The maximum absolute atomic E-state index is 6.27. The molecule has 0 radical (unpaired) electrons. The topological polar surface area (TPSA) is 9.23 Å². The number of halogens is 1. The summed E-state index contributed by atoms with van der Waals surface area (Å²) in [6.45, 7) is 4.21. The van der Waals surface area contributed by atoms with E-state index in [2.05, 4.69) is 103 Å². The molecule has 0 spiro atoms. The maximum atomic E-state index is 6.27. The van der Waals surface area contributed by atoms with Crippen LogP contribution in [0.5, 0.6) is 0 Å². The minimum absolute atomic E-state index is 0.0576. The molecule has 0 aliphatic carbocycles. The van der Waals surface area contributed by atoms with Crippen molar-refractivity contribution in [3.8, 4) is 10.0 Å². The van der Waals surface area contributed by atoms with Crippen molar-refractivity contribution in [3.05, 3.63) is 80.3 Å². The first-order valence-corrected chi connectivity index (χ1v) is 10.5. The van der Waals surface area contributed by atoms with Gasteiger partial charge in [0.15, 0.2) is 0 Å². The van der Waals surface area contributed by atoms with Crippen molar-refractivity contribution in [2.75, 3.05) is 0 Å². The predicted octanol–water partition coefficient (Wildman–Crippen LogP) is 5.53. The zero-order valence-corrected chi connectivity index (χ0v) is 17.1. The van der Waals surface area contributed by atoms with Gasteiger partial charge in [0.05, 0.1) is 0 Å². The molecule has 3 rings (SSSR count). The second-order valence-corrected chi connectivity index (χ2v) is 9.10. The monoisotopic (exact) mass is 482 g/mol. The van der Waals surface area contributed by atoms with Crippen LogP contribution in [0.1, 0.15) is 30.0 Å². The van der Waals surface area contributed by atoms with Crippen molar-refractivity contribution in [2.45, 2.75) is 26.1 Å². The van der Waals surface area contributed by atoms with Crippen molar-refractivity contribution in [1.29, 1.82) is 0 Å². The molecule has 0 saturated heterocycles. The molecule has 1 aromatic heterocycles. The van der Waals surface area contributed by atoms with Crippen LogP contribution in [-0.4, -0.2) is 20.6 Å². The number of hydrogen-bond acceptors (Lipinski definition) is 1. The van der Waals surface area contributed by atoms with Crippen LogP contribution in [0.4, 0.5) is 0 Å². The van der Waals surface area contributed by atoms with Crippen LogP contribution in [0.2, 0.25) is 0 Å². The summed E-state index contributed by atoms with van der Waals surface area (Å²) in [6, 6.07) is 23.6. The molecule has 0 saturated carbocycles. The van der Waals surface area contributed by atoms with Gasteiger partial charge in [-0.25, -0.2) is 0 Å². The van der Waals surface area contributed by atoms with Crippen molar-refractivity contribution >= 4 is 37.1 Å². The molecule has 3 aromatic rings. The zero-order valence-electron chi connectivity index (χ0n) is 13.2. The second-order valence-electron chi connectivity index (χ2n) is 5.67. The van der Waals surface area contributed by atoms with E-state index in [4.69, 9.17) is 4.74 Å². The summed E-state index contributed by atoms with van der Waals surface area (Å²) >= 11 is 2.76. The van der Waals surface area contributed by atoms with E-state index in [-0.39, 0.29) is 12.2 Å². The third-order valence-corrected chi connectivity index (χ3v) is 7.76. The third-order valence-electron chi connectivity index (χ3n) is 3.51. The summed E-state index contributed by atoms with van der Waals surface area (Å²) in [5.41, 5.74) is 2.58. The van der Waals surface area contributed by atoms with E-state index in [0.29, 0.717) is 14.5 Å². The Kier molecular flexibility index (Phi) is 5.76. The van der Waals surface area contributed by atoms with Gasteiger partial charge in [-0.3, -0.25) is 0 Å². The van der Waals surface area contributed by atoms with Gasteiger partial charge >= 0.3 is 158 Å². The quantitative estimate of drug-likeness (QED) is 0.344. The van der Waals surface area contributed by atoms with Crippen LogP contribution in [0.15, 0.2) is 66.7 Å². The molecule has 2 aromatic carbocycles. The van der Waals surface area contributed by atoms with Crippen LogP contribution in [0, 0.1) is 3.57 Å². The SMILES string of the molecule is CC(C)O[C@@H](c1ccccc1)c1cc(I)c(-c2ccccc2)[se]1. The number of benzene rings is 2. The molecule has 0 amide bonds. The molecular weight excluding hydrogens is 462 g/mol. The summed E-state index contributed by atoms with van der Waals surface area (Å²) in [4.78, 5) is 0. The summed E-state index contributed by atoms with van der Waals surface area (Å²) in [5, 5.41) is 0. The van der Waals surface area contributed by atoms with E-state index < -0.39 is 0 Å². The molecule has 0 unspecified atom stereocenters. The molecule has 3 heteroatoms. The van der Waals surface area contributed by atoms with Gasteiger partial charge in [0.2, 0.25) is 0 Å². The Bertz CT molecular complexity index is 750. The molecule has 23 heavy (non-hydrogen) atoms. The van der Waals surface area contributed by atoms with Crippen LogP contribution in [0.25, 0.3) is 10.0 Å². The molecule has 1 atom stereocenters. The van der Waals surface area contributed by atoms with Gasteiger partial charge in [0.25, 0.3) is 0 Å². The number of ether oxygens (including phenoxy) is 1. The van der Waals surface area contributed by atoms with E-state index in [0.717, 1.165) is 0 Å². The zero-order chi connectivity index (χ0) is 16.2. The molecule has 0 fully saturated rings. The fourth-order valence-corrected chi connectivity index (χ4v) is 6.56. The van der Waals surface area contributed by atoms with Crippen LogP contribution in [0.3, 0.4) is 0 Å². The van der Waals surface area contributed by atoms with Gasteiger partial charge in [-0.15, -0.1) is 0 Å². The summed E-state index contributed by atoms with van der Waals surface area (Å²) in [7, 11) is 0. The Labute approximate surface area is 157 Å². The molecular formula is C20H19IOSe.